The van der Waals surface area contributed by atoms with Gasteiger partial charge >= 0.3 is 0 Å². The van der Waals surface area contributed by atoms with E-state index >= 15 is 0 Å². The van der Waals surface area contributed by atoms with E-state index in [9.17, 15) is 9.90 Å². The molecule has 0 saturated carbocycles. The Morgan fingerprint density at radius 1 is 1.38 bits per heavy atom. The van der Waals surface area contributed by atoms with Crippen LogP contribution in [0.5, 0.6) is 0 Å². The van der Waals surface area contributed by atoms with Crippen LogP contribution in [0.1, 0.15) is 25.3 Å². The number of aryl methyl sites for hydroxylation is 1. The molecule has 0 spiro atoms. The van der Waals surface area contributed by atoms with Gasteiger partial charge in [0.1, 0.15) is 5.60 Å². The number of likely N-dealkylation sites (N-methyl/N-ethyl adjacent to an activating group) is 1. The van der Waals surface area contributed by atoms with Gasteiger partial charge in [-0.1, -0.05) is 30.3 Å². The predicted molar refractivity (Wildman–Crippen MR) is 84.1 cm³/mol. The number of likely N-dealkylation sites (tertiary alicyclic amines) is 1. The molecular weight excluding hydrogens is 264 g/mol. The second-order valence-corrected chi connectivity index (χ2v) is 6.42. The number of aliphatic hydroxyl groups is 1. The van der Waals surface area contributed by atoms with Crippen LogP contribution in [0, 0.1) is 0 Å². The molecule has 0 unspecified atom stereocenters. The number of carbonyl (C=O) groups is 1. The van der Waals surface area contributed by atoms with Crippen molar-refractivity contribution < 1.29 is 9.90 Å². The van der Waals surface area contributed by atoms with Gasteiger partial charge < -0.3 is 14.9 Å². The van der Waals surface area contributed by atoms with Crippen LogP contribution < -0.4 is 0 Å². The van der Waals surface area contributed by atoms with Gasteiger partial charge in [-0.15, -0.1) is 0 Å². The molecule has 0 aromatic heterocycles. The first-order valence-electron chi connectivity index (χ1n) is 7.62. The second-order valence-electron chi connectivity index (χ2n) is 6.42. The third kappa shape index (κ3) is 4.05. The van der Waals surface area contributed by atoms with Crippen LogP contribution in [0.4, 0.5) is 0 Å². The molecule has 116 valence electrons. The molecule has 1 aromatic carbocycles. The monoisotopic (exact) mass is 290 g/mol. The lowest BCUT2D eigenvalue weighted by Crippen LogP contribution is -2.47. The number of hydrogen-bond acceptors (Lipinski definition) is 3. The van der Waals surface area contributed by atoms with Gasteiger partial charge in [0.05, 0.1) is 0 Å². The van der Waals surface area contributed by atoms with Crippen molar-refractivity contribution in [3.8, 4) is 0 Å². The molecule has 1 aromatic rings. The summed E-state index contributed by atoms with van der Waals surface area (Å²) in [6.07, 6.45) is 2.15. The second kappa shape index (κ2) is 6.58. The number of nitrogens with zero attached hydrogens (tertiary/aromatic N) is 2. The highest BCUT2D eigenvalue weighted by Gasteiger charge is 2.37. The molecule has 2 rings (SSSR count). The predicted octanol–water partition coefficient (Wildman–Crippen LogP) is 1.53. The lowest BCUT2D eigenvalue weighted by atomic mass is 9.95. The SMILES string of the molecule is CN(C)[C@H]1CCN(C(=O)[C@](C)(O)CCc2ccccc2)C1. The summed E-state index contributed by atoms with van der Waals surface area (Å²) >= 11 is 0. The molecule has 1 N–H and O–H groups in total. The van der Waals surface area contributed by atoms with Crippen molar-refractivity contribution in [1.29, 1.82) is 0 Å². The average molecular weight is 290 g/mol. The van der Waals surface area contributed by atoms with Crippen molar-refractivity contribution in [3.05, 3.63) is 35.9 Å². The van der Waals surface area contributed by atoms with Crippen LogP contribution in [0.2, 0.25) is 0 Å². The van der Waals surface area contributed by atoms with E-state index in [1.54, 1.807) is 11.8 Å². The highest BCUT2D eigenvalue weighted by atomic mass is 16.3. The van der Waals surface area contributed by atoms with Crippen LogP contribution in [0.15, 0.2) is 30.3 Å². The van der Waals surface area contributed by atoms with E-state index < -0.39 is 5.60 Å². The lowest BCUT2D eigenvalue weighted by molar-refractivity contribution is -0.149. The summed E-state index contributed by atoms with van der Waals surface area (Å²) in [4.78, 5) is 16.5. The smallest absolute Gasteiger partial charge is 0.254 e. The Morgan fingerprint density at radius 2 is 2.05 bits per heavy atom. The zero-order chi connectivity index (χ0) is 15.5. The summed E-state index contributed by atoms with van der Waals surface area (Å²) in [6, 6.07) is 10.4. The van der Waals surface area contributed by atoms with E-state index in [1.165, 1.54) is 0 Å². The van der Waals surface area contributed by atoms with Crippen molar-refractivity contribution in [1.82, 2.24) is 9.80 Å². The molecular formula is C17H26N2O2. The van der Waals surface area contributed by atoms with Gasteiger partial charge in [-0.2, -0.15) is 0 Å². The lowest BCUT2D eigenvalue weighted by Gasteiger charge is -2.28. The molecule has 1 amide bonds. The minimum absolute atomic E-state index is 0.136. The summed E-state index contributed by atoms with van der Waals surface area (Å²) in [5, 5.41) is 10.5. The van der Waals surface area contributed by atoms with Crippen molar-refractivity contribution in [2.45, 2.75) is 37.8 Å². The summed E-state index contributed by atoms with van der Waals surface area (Å²) < 4.78 is 0. The third-order valence-electron chi connectivity index (χ3n) is 4.38. The third-order valence-corrected chi connectivity index (χ3v) is 4.38. The minimum Gasteiger partial charge on any atom is -0.380 e. The quantitative estimate of drug-likeness (QED) is 0.894. The standard InChI is InChI=1S/C17H26N2O2/c1-17(21,11-9-14-7-5-4-6-8-14)16(20)19-12-10-15(13-19)18(2)3/h4-8,15,21H,9-13H2,1-3H3/t15-,17+/m0/s1. The molecule has 21 heavy (non-hydrogen) atoms. The highest BCUT2D eigenvalue weighted by molar-refractivity contribution is 5.84. The average Bonchev–Trinajstić information content (AvgIpc) is 2.95. The summed E-state index contributed by atoms with van der Waals surface area (Å²) in [5.41, 5.74) is -0.130. The molecule has 0 radical (unpaired) electrons. The first kappa shape index (κ1) is 16.0. The maximum absolute atomic E-state index is 12.5. The van der Waals surface area contributed by atoms with Gasteiger partial charge in [0, 0.05) is 19.1 Å². The van der Waals surface area contributed by atoms with Crippen LogP contribution in [0.25, 0.3) is 0 Å². The molecule has 1 heterocycles. The minimum atomic E-state index is -1.28. The molecule has 1 aliphatic heterocycles. The number of carbonyl (C=O) groups excluding carboxylic acids is 1. The van der Waals surface area contributed by atoms with E-state index in [4.69, 9.17) is 0 Å². The van der Waals surface area contributed by atoms with Gasteiger partial charge in [-0.25, -0.2) is 0 Å². The summed E-state index contributed by atoms with van der Waals surface area (Å²) in [7, 11) is 4.07. The van der Waals surface area contributed by atoms with E-state index in [-0.39, 0.29) is 5.91 Å². The normalized spacial score (nSPS) is 21.6. The van der Waals surface area contributed by atoms with Gasteiger partial charge in [-0.05, 0) is 45.8 Å². The van der Waals surface area contributed by atoms with Gasteiger partial charge in [0.15, 0.2) is 0 Å². The Balaban J connectivity index is 1.91. The zero-order valence-corrected chi connectivity index (χ0v) is 13.2. The molecule has 0 aliphatic carbocycles. The van der Waals surface area contributed by atoms with E-state index in [2.05, 4.69) is 4.90 Å². The number of amides is 1. The molecule has 4 nitrogen and oxygen atoms in total. The summed E-state index contributed by atoms with van der Waals surface area (Å²) in [5.74, 6) is -0.136. The van der Waals surface area contributed by atoms with Crippen LogP contribution in [-0.2, 0) is 11.2 Å². The molecule has 1 saturated heterocycles. The fourth-order valence-electron chi connectivity index (χ4n) is 2.83. The van der Waals surface area contributed by atoms with Gasteiger partial charge in [-0.3, -0.25) is 4.79 Å². The first-order valence-corrected chi connectivity index (χ1v) is 7.62. The van der Waals surface area contributed by atoms with Crippen LogP contribution >= 0.6 is 0 Å². The Hall–Kier alpha value is -1.39. The van der Waals surface area contributed by atoms with Crippen molar-refractivity contribution in [2.75, 3.05) is 27.2 Å². The fourth-order valence-corrected chi connectivity index (χ4v) is 2.83. The molecule has 1 fully saturated rings. The van der Waals surface area contributed by atoms with Gasteiger partial charge in [0.25, 0.3) is 5.91 Å². The Kier molecular flexibility index (Phi) is 5.01. The fraction of sp³-hybridized carbons (Fsp3) is 0.588. The number of hydrogen-bond donors (Lipinski definition) is 1. The van der Waals surface area contributed by atoms with E-state index in [0.717, 1.165) is 18.5 Å². The first-order chi connectivity index (χ1) is 9.90. The van der Waals surface area contributed by atoms with E-state index in [0.29, 0.717) is 25.4 Å². The number of rotatable bonds is 5. The Labute approximate surface area is 127 Å². The number of benzene rings is 1. The molecule has 4 heteroatoms. The topological polar surface area (TPSA) is 43.8 Å². The van der Waals surface area contributed by atoms with Crippen molar-refractivity contribution in [3.63, 3.8) is 0 Å². The Morgan fingerprint density at radius 3 is 2.62 bits per heavy atom. The molecule has 2 atom stereocenters. The zero-order valence-electron chi connectivity index (χ0n) is 13.2. The molecule has 1 aliphatic rings. The van der Waals surface area contributed by atoms with Crippen molar-refractivity contribution >= 4 is 5.91 Å². The van der Waals surface area contributed by atoms with Crippen LogP contribution in [0.3, 0.4) is 0 Å². The van der Waals surface area contributed by atoms with Crippen LogP contribution in [-0.4, -0.2) is 59.6 Å². The highest BCUT2D eigenvalue weighted by Crippen LogP contribution is 2.21. The summed E-state index contributed by atoms with van der Waals surface area (Å²) in [6.45, 7) is 3.09. The maximum atomic E-state index is 12.5. The van der Waals surface area contributed by atoms with Gasteiger partial charge in [0.2, 0.25) is 0 Å². The maximum Gasteiger partial charge on any atom is 0.254 e. The molecule has 0 bridgehead atoms. The Bertz CT molecular complexity index is 471. The largest absolute Gasteiger partial charge is 0.380 e. The van der Waals surface area contributed by atoms with E-state index in [1.807, 2.05) is 44.4 Å². The van der Waals surface area contributed by atoms with Crippen molar-refractivity contribution in [2.24, 2.45) is 0 Å².